The second-order valence-electron chi connectivity index (χ2n) is 6.74. The Balaban J connectivity index is 1.79. The molecule has 2 rings (SSSR count). The van der Waals surface area contributed by atoms with Crippen molar-refractivity contribution in [3.05, 3.63) is 29.8 Å². The van der Waals surface area contributed by atoms with Crippen LogP contribution >= 0.6 is 11.8 Å². The maximum absolute atomic E-state index is 12.3. The van der Waals surface area contributed by atoms with Crippen molar-refractivity contribution in [2.45, 2.75) is 62.6 Å². The van der Waals surface area contributed by atoms with Crippen molar-refractivity contribution in [3.63, 3.8) is 0 Å². The largest absolute Gasteiger partial charge is 0.335 e. The lowest BCUT2D eigenvalue weighted by Crippen LogP contribution is -2.50. The molecular formula is C19H29N3O2S. The number of imide groups is 1. The summed E-state index contributed by atoms with van der Waals surface area (Å²) in [6, 6.07) is 7.75. The van der Waals surface area contributed by atoms with Gasteiger partial charge >= 0.3 is 6.03 Å². The normalized spacial score (nSPS) is 16.5. The summed E-state index contributed by atoms with van der Waals surface area (Å²) in [6.07, 6.45) is 7.58. The molecule has 2 N–H and O–H groups in total. The van der Waals surface area contributed by atoms with Gasteiger partial charge in [0.25, 0.3) is 0 Å². The first-order chi connectivity index (χ1) is 12.0. The van der Waals surface area contributed by atoms with Gasteiger partial charge in [0.2, 0.25) is 5.91 Å². The number of amides is 3. The maximum Gasteiger partial charge on any atom is 0.321 e. The average molecular weight is 364 g/mol. The average Bonchev–Trinajstić information content (AvgIpc) is 2.62. The SMILES string of the molecule is CSc1ccc(CN(C)[C@@H](C)C(=O)NC(=O)NC2CCCCC2)cc1. The van der Waals surface area contributed by atoms with Crippen molar-refractivity contribution in [3.8, 4) is 0 Å². The van der Waals surface area contributed by atoms with E-state index in [1.54, 1.807) is 11.8 Å². The Bertz CT molecular complexity index is 571. The van der Waals surface area contributed by atoms with E-state index < -0.39 is 0 Å². The number of hydrogen-bond acceptors (Lipinski definition) is 4. The highest BCUT2D eigenvalue weighted by molar-refractivity contribution is 7.98. The van der Waals surface area contributed by atoms with E-state index in [0.29, 0.717) is 6.54 Å². The van der Waals surface area contributed by atoms with Gasteiger partial charge in [-0.25, -0.2) is 4.79 Å². The number of nitrogens with one attached hydrogen (secondary N) is 2. The van der Waals surface area contributed by atoms with Gasteiger partial charge in [-0.3, -0.25) is 15.0 Å². The van der Waals surface area contributed by atoms with Crippen LogP contribution in [0.25, 0.3) is 0 Å². The first kappa shape index (κ1) is 19.8. The molecule has 138 valence electrons. The molecule has 1 saturated carbocycles. The van der Waals surface area contributed by atoms with Gasteiger partial charge in [-0.2, -0.15) is 0 Å². The molecule has 1 fully saturated rings. The molecule has 0 spiro atoms. The predicted molar refractivity (Wildman–Crippen MR) is 103 cm³/mol. The van der Waals surface area contributed by atoms with Crippen LogP contribution in [0.2, 0.25) is 0 Å². The first-order valence-corrected chi connectivity index (χ1v) is 10.2. The van der Waals surface area contributed by atoms with E-state index in [1.165, 1.54) is 11.3 Å². The van der Waals surface area contributed by atoms with Crippen molar-refractivity contribution in [2.24, 2.45) is 0 Å². The summed E-state index contributed by atoms with van der Waals surface area (Å²) >= 11 is 1.71. The van der Waals surface area contributed by atoms with E-state index in [2.05, 4.69) is 34.9 Å². The van der Waals surface area contributed by atoms with Gasteiger partial charge in [0.1, 0.15) is 0 Å². The monoisotopic (exact) mass is 363 g/mol. The third-order valence-electron chi connectivity index (χ3n) is 4.81. The topological polar surface area (TPSA) is 61.4 Å². The molecule has 1 aliphatic carbocycles. The minimum atomic E-state index is -0.377. The smallest absolute Gasteiger partial charge is 0.321 e. The Hall–Kier alpha value is -1.53. The number of hydrogen-bond donors (Lipinski definition) is 2. The van der Waals surface area contributed by atoms with Gasteiger partial charge in [0.15, 0.2) is 0 Å². The number of rotatable bonds is 6. The number of carbonyl (C=O) groups excluding carboxylic acids is 2. The fourth-order valence-corrected chi connectivity index (χ4v) is 3.45. The van der Waals surface area contributed by atoms with E-state index in [4.69, 9.17) is 0 Å². The number of nitrogens with zero attached hydrogens (tertiary/aromatic N) is 1. The molecule has 1 aliphatic rings. The molecule has 0 aliphatic heterocycles. The van der Waals surface area contributed by atoms with Crippen LogP contribution < -0.4 is 10.6 Å². The summed E-state index contributed by atoms with van der Waals surface area (Å²) in [5, 5.41) is 5.39. The first-order valence-electron chi connectivity index (χ1n) is 8.94. The summed E-state index contributed by atoms with van der Waals surface area (Å²) in [5.41, 5.74) is 1.15. The second kappa shape index (κ2) is 9.82. The molecule has 0 heterocycles. The lowest BCUT2D eigenvalue weighted by molar-refractivity contribution is -0.124. The number of likely N-dealkylation sites (N-methyl/N-ethyl adjacent to an activating group) is 1. The van der Waals surface area contributed by atoms with Crippen LogP contribution in [0, 0.1) is 0 Å². The zero-order chi connectivity index (χ0) is 18.2. The fourth-order valence-electron chi connectivity index (χ4n) is 3.04. The van der Waals surface area contributed by atoms with Gasteiger partial charge in [-0.15, -0.1) is 11.8 Å². The molecule has 25 heavy (non-hydrogen) atoms. The highest BCUT2D eigenvalue weighted by Gasteiger charge is 2.22. The van der Waals surface area contributed by atoms with E-state index >= 15 is 0 Å². The number of benzene rings is 1. The van der Waals surface area contributed by atoms with E-state index in [0.717, 1.165) is 31.2 Å². The standard InChI is InChI=1S/C19H29N3O2S/c1-14(22(2)13-15-9-11-17(25-3)12-10-15)18(23)21-19(24)20-16-7-5-4-6-8-16/h9-12,14,16H,4-8,13H2,1-3H3,(H2,20,21,23,24)/t14-/m0/s1. The predicted octanol–water partition coefficient (Wildman–Crippen LogP) is 3.39. The van der Waals surface area contributed by atoms with Crippen molar-refractivity contribution in [2.75, 3.05) is 13.3 Å². The van der Waals surface area contributed by atoms with E-state index in [1.807, 2.05) is 25.1 Å². The quantitative estimate of drug-likeness (QED) is 0.761. The molecule has 3 amide bonds. The van der Waals surface area contributed by atoms with Crippen LogP contribution in [0.5, 0.6) is 0 Å². The van der Waals surface area contributed by atoms with Crippen LogP contribution in [0.15, 0.2) is 29.2 Å². The summed E-state index contributed by atoms with van der Waals surface area (Å²) < 4.78 is 0. The molecular weight excluding hydrogens is 334 g/mol. The molecule has 0 saturated heterocycles. The van der Waals surface area contributed by atoms with Crippen LogP contribution in [-0.4, -0.2) is 42.2 Å². The van der Waals surface area contributed by atoms with Crippen molar-refractivity contribution in [1.82, 2.24) is 15.5 Å². The molecule has 1 aromatic rings. The molecule has 5 nitrogen and oxygen atoms in total. The van der Waals surface area contributed by atoms with Gasteiger partial charge in [-0.1, -0.05) is 31.4 Å². The third-order valence-corrected chi connectivity index (χ3v) is 5.55. The molecule has 0 aromatic heterocycles. The summed E-state index contributed by atoms with van der Waals surface area (Å²) in [6.45, 7) is 2.48. The van der Waals surface area contributed by atoms with Crippen molar-refractivity contribution < 1.29 is 9.59 Å². The maximum atomic E-state index is 12.3. The Morgan fingerprint density at radius 3 is 2.44 bits per heavy atom. The minimum absolute atomic E-state index is 0.199. The molecule has 1 atom stereocenters. The molecule has 0 bridgehead atoms. The van der Waals surface area contributed by atoms with Gasteiger partial charge in [0.05, 0.1) is 6.04 Å². The second-order valence-corrected chi connectivity index (χ2v) is 7.62. The Morgan fingerprint density at radius 2 is 1.84 bits per heavy atom. The summed E-state index contributed by atoms with van der Waals surface area (Å²) in [5.74, 6) is -0.267. The van der Waals surface area contributed by atoms with E-state index in [-0.39, 0.29) is 24.0 Å². The minimum Gasteiger partial charge on any atom is -0.335 e. The molecule has 1 aromatic carbocycles. The number of thioether (sulfide) groups is 1. The zero-order valence-corrected chi connectivity index (χ0v) is 16.2. The van der Waals surface area contributed by atoms with Crippen LogP contribution in [-0.2, 0) is 11.3 Å². The Morgan fingerprint density at radius 1 is 1.20 bits per heavy atom. The number of carbonyl (C=O) groups is 2. The number of urea groups is 1. The fraction of sp³-hybridized carbons (Fsp3) is 0.579. The van der Waals surface area contributed by atoms with Gasteiger partial charge in [0, 0.05) is 17.5 Å². The Labute approximate surface area is 154 Å². The molecule has 0 radical (unpaired) electrons. The van der Waals surface area contributed by atoms with Gasteiger partial charge in [-0.05, 0) is 50.8 Å². The highest BCUT2D eigenvalue weighted by Crippen LogP contribution is 2.17. The van der Waals surface area contributed by atoms with E-state index in [9.17, 15) is 9.59 Å². The summed E-state index contributed by atoms with van der Waals surface area (Å²) in [4.78, 5) is 27.5. The van der Waals surface area contributed by atoms with Crippen LogP contribution in [0.4, 0.5) is 4.79 Å². The van der Waals surface area contributed by atoms with Gasteiger partial charge < -0.3 is 5.32 Å². The van der Waals surface area contributed by atoms with Crippen molar-refractivity contribution >= 4 is 23.7 Å². The van der Waals surface area contributed by atoms with Crippen LogP contribution in [0.1, 0.15) is 44.6 Å². The third kappa shape index (κ3) is 6.36. The van der Waals surface area contributed by atoms with Crippen molar-refractivity contribution in [1.29, 1.82) is 0 Å². The highest BCUT2D eigenvalue weighted by atomic mass is 32.2. The zero-order valence-electron chi connectivity index (χ0n) is 15.4. The molecule has 6 heteroatoms. The lowest BCUT2D eigenvalue weighted by atomic mass is 9.96. The lowest BCUT2D eigenvalue weighted by Gasteiger charge is -2.25. The van der Waals surface area contributed by atoms with Crippen LogP contribution in [0.3, 0.4) is 0 Å². The molecule has 0 unspecified atom stereocenters. The summed E-state index contributed by atoms with van der Waals surface area (Å²) in [7, 11) is 1.89. The Kier molecular flexibility index (Phi) is 7.78.